The number of rotatable bonds is 5. The van der Waals surface area contributed by atoms with Gasteiger partial charge in [0, 0.05) is 0 Å². The van der Waals surface area contributed by atoms with E-state index in [0.29, 0.717) is 6.61 Å². The first kappa shape index (κ1) is 11.9. The molecule has 1 unspecified atom stereocenters. The molecule has 1 atom stereocenters. The largest absolute Gasteiger partial charge is 0.367 e. The number of likely N-dealkylation sites (N-methyl/N-ethyl adjacent to an activating group) is 1. The molecule has 0 aromatic heterocycles. The van der Waals surface area contributed by atoms with Gasteiger partial charge in [-0.2, -0.15) is 0 Å². The lowest BCUT2D eigenvalue weighted by molar-refractivity contribution is -0.870. The molecule has 0 radical (unpaired) electrons. The van der Waals surface area contributed by atoms with Gasteiger partial charge < -0.3 is 15.0 Å². The summed E-state index contributed by atoms with van der Waals surface area (Å²) in [6, 6.07) is 0. The van der Waals surface area contributed by atoms with Crippen molar-refractivity contribution in [2.75, 3.05) is 34.3 Å². The lowest BCUT2D eigenvalue weighted by Crippen LogP contribution is -2.39. The van der Waals surface area contributed by atoms with Gasteiger partial charge in [-0.15, -0.1) is 0 Å². The fourth-order valence-electron chi connectivity index (χ4n) is 0.512. The molecule has 0 aliphatic rings. The van der Waals surface area contributed by atoms with Crippen LogP contribution in [0.5, 0.6) is 0 Å². The molecule has 0 bridgehead atoms. The lowest BCUT2D eigenvalue weighted by atomic mass is 10.5. The van der Waals surface area contributed by atoms with Crippen LogP contribution in [0.1, 0.15) is 0 Å². The van der Waals surface area contributed by atoms with Crippen LogP contribution in [0.4, 0.5) is 0 Å². The van der Waals surface area contributed by atoms with Crippen LogP contribution in [-0.2, 0) is 9.53 Å². The Bertz CT molecular complexity index is 156. The number of carbonyl (C=O) groups excluding carboxylic acids is 1. The first-order chi connectivity index (χ1) is 5.33. The number of quaternary nitrogens is 1. The fraction of sp³-hybridized carbons (Fsp3) is 0.857. The van der Waals surface area contributed by atoms with E-state index in [1.807, 2.05) is 0 Å². The Morgan fingerprint density at radius 3 is 2.42 bits per heavy atom. The van der Waals surface area contributed by atoms with Crippen molar-refractivity contribution in [3.8, 4) is 0 Å². The van der Waals surface area contributed by atoms with E-state index in [0.717, 1.165) is 11.0 Å². The van der Waals surface area contributed by atoms with Crippen molar-refractivity contribution in [2.24, 2.45) is 5.73 Å². The average Bonchev–Trinajstić information content (AvgIpc) is 1.84. The quantitative estimate of drug-likeness (QED) is 0.539. The number of hydrogen-bond acceptors (Lipinski definition) is 2. The van der Waals surface area contributed by atoms with Crippen molar-refractivity contribution in [2.45, 2.75) is 5.01 Å². The maximum atomic E-state index is 10.5. The Balaban J connectivity index is 3.51. The number of amides is 1. The standard InChI is InChI=1S/C7H15BrN2O2/c1-10(2,3)4-5-12-6(8)7(9)11/h6H,4-5H2,1-3H3,(H-,9,11)/p+1. The molecule has 0 saturated heterocycles. The van der Waals surface area contributed by atoms with Gasteiger partial charge in [0.15, 0.2) is 5.01 Å². The second-order valence-electron chi connectivity index (χ2n) is 3.60. The Morgan fingerprint density at radius 1 is 1.58 bits per heavy atom. The average molecular weight is 240 g/mol. The third kappa shape index (κ3) is 6.57. The number of nitrogens with zero attached hydrogens (tertiary/aromatic N) is 1. The number of alkyl halides is 1. The van der Waals surface area contributed by atoms with Gasteiger partial charge in [-0.1, -0.05) is 0 Å². The summed E-state index contributed by atoms with van der Waals surface area (Å²) >= 11 is 3.01. The van der Waals surface area contributed by atoms with Crippen LogP contribution in [0, 0.1) is 0 Å². The minimum atomic E-state index is -0.663. The van der Waals surface area contributed by atoms with Gasteiger partial charge in [0.25, 0.3) is 5.91 Å². The lowest BCUT2D eigenvalue weighted by Gasteiger charge is -2.23. The molecule has 0 aromatic rings. The van der Waals surface area contributed by atoms with Crippen molar-refractivity contribution in [3.63, 3.8) is 0 Å². The first-order valence-corrected chi connectivity index (χ1v) is 4.60. The second-order valence-corrected chi connectivity index (χ2v) is 4.43. The summed E-state index contributed by atoms with van der Waals surface area (Å²) in [7, 11) is 6.16. The monoisotopic (exact) mass is 239 g/mol. The van der Waals surface area contributed by atoms with Crippen molar-refractivity contribution in [1.29, 1.82) is 0 Å². The summed E-state index contributed by atoms with van der Waals surface area (Å²) in [5.74, 6) is -0.489. The highest BCUT2D eigenvalue weighted by Gasteiger charge is 2.13. The molecule has 0 heterocycles. The summed E-state index contributed by atoms with van der Waals surface area (Å²) < 4.78 is 5.91. The van der Waals surface area contributed by atoms with E-state index in [4.69, 9.17) is 10.5 Å². The fourth-order valence-corrected chi connectivity index (χ4v) is 0.699. The van der Waals surface area contributed by atoms with Gasteiger partial charge >= 0.3 is 0 Å². The van der Waals surface area contributed by atoms with Crippen molar-refractivity contribution >= 4 is 21.8 Å². The number of carbonyl (C=O) groups is 1. The van der Waals surface area contributed by atoms with Crippen LogP contribution < -0.4 is 5.73 Å². The molecule has 1 amide bonds. The predicted molar refractivity (Wildman–Crippen MR) is 50.8 cm³/mol. The first-order valence-electron chi connectivity index (χ1n) is 3.68. The Hall–Kier alpha value is -0.130. The smallest absolute Gasteiger partial charge is 0.257 e. The highest BCUT2D eigenvalue weighted by molar-refractivity contribution is 9.09. The molecule has 0 aromatic carbocycles. The number of halogens is 1. The SMILES string of the molecule is C[N+](C)(C)CCOC(Br)C(N)=O. The van der Waals surface area contributed by atoms with Crippen LogP contribution in [0.15, 0.2) is 0 Å². The summed E-state index contributed by atoms with van der Waals surface area (Å²) in [5, 5.41) is -0.663. The van der Waals surface area contributed by atoms with Crippen molar-refractivity contribution in [1.82, 2.24) is 0 Å². The molecule has 4 nitrogen and oxygen atoms in total. The molecule has 5 heteroatoms. The molecule has 0 aliphatic carbocycles. The van der Waals surface area contributed by atoms with E-state index in [1.165, 1.54) is 0 Å². The summed E-state index contributed by atoms with van der Waals surface area (Å²) in [4.78, 5) is 10.5. The minimum Gasteiger partial charge on any atom is -0.367 e. The van der Waals surface area contributed by atoms with Gasteiger partial charge in [0.05, 0.1) is 27.7 Å². The highest BCUT2D eigenvalue weighted by atomic mass is 79.9. The number of ether oxygens (including phenoxy) is 1. The van der Waals surface area contributed by atoms with Crippen LogP contribution >= 0.6 is 15.9 Å². The maximum Gasteiger partial charge on any atom is 0.257 e. The second kappa shape index (κ2) is 4.79. The molecule has 12 heavy (non-hydrogen) atoms. The highest BCUT2D eigenvalue weighted by Crippen LogP contribution is 2.00. The topological polar surface area (TPSA) is 52.3 Å². The number of nitrogens with two attached hydrogens (primary N) is 1. The van der Waals surface area contributed by atoms with Gasteiger partial charge in [0.2, 0.25) is 0 Å². The van der Waals surface area contributed by atoms with Crippen molar-refractivity contribution < 1.29 is 14.0 Å². The molecule has 0 aliphatic heterocycles. The summed E-state index contributed by atoms with van der Waals surface area (Å²) in [6.45, 7) is 1.36. The molecule has 0 spiro atoms. The molecule has 2 N–H and O–H groups in total. The summed E-state index contributed by atoms with van der Waals surface area (Å²) in [6.07, 6.45) is 0. The van der Waals surface area contributed by atoms with Gasteiger partial charge in [0.1, 0.15) is 6.54 Å². The predicted octanol–water partition coefficient (Wildman–Crippen LogP) is -0.0845. The van der Waals surface area contributed by atoms with E-state index in [-0.39, 0.29) is 0 Å². The Morgan fingerprint density at radius 2 is 2.08 bits per heavy atom. The molecule has 72 valence electrons. The third-order valence-electron chi connectivity index (χ3n) is 1.25. The molecule has 0 saturated carbocycles. The van der Waals surface area contributed by atoms with Gasteiger partial charge in [-0.25, -0.2) is 0 Å². The molecular weight excluding hydrogens is 224 g/mol. The third-order valence-corrected chi connectivity index (χ3v) is 1.97. The van der Waals surface area contributed by atoms with Crippen LogP contribution in [0.2, 0.25) is 0 Å². The van der Waals surface area contributed by atoms with E-state index in [1.54, 1.807) is 0 Å². The Kier molecular flexibility index (Phi) is 4.74. The zero-order chi connectivity index (χ0) is 9.78. The summed E-state index contributed by atoms with van der Waals surface area (Å²) in [5.41, 5.74) is 4.97. The molecular formula is C7H16BrN2O2+. The van der Waals surface area contributed by atoms with Gasteiger partial charge in [-0.3, -0.25) is 4.79 Å². The molecule has 0 rings (SSSR count). The van der Waals surface area contributed by atoms with E-state index >= 15 is 0 Å². The van der Waals surface area contributed by atoms with E-state index in [9.17, 15) is 4.79 Å². The van der Waals surface area contributed by atoms with Crippen LogP contribution in [0.3, 0.4) is 0 Å². The maximum absolute atomic E-state index is 10.5. The van der Waals surface area contributed by atoms with E-state index in [2.05, 4.69) is 37.1 Å². The van der Waals surface area contributed by atoms with Crippen LogP contribution in [0.25, 0.3) is 0 Å². The van der Waals surface area contributed by atoms with Gasteiger partial charge in [-0.05, 0) is 15.9 Å². The zero-order valence-corrected chi connectivity index (χ0v) is 9.30. The van der Waals surface area contributed by atoms with E-state index < -0.39 is 10.9 Å². The Labute approximate surface area is 81.4 Å². The molecule has 0 fully saturated rings. The van der Waals surface area contributed by atoms with Crippen molar-refractivity contribution in [3.05, 3.63) is 0 Å². The minimum absolute atomic E-state index is 0.489. The number of primary amides is 1. The van der Waals surface area contributed by atoms with Crippen LogP contribution in [-0.4, -0.2) is 49.7 Å². The zero-order valence-electron chi connectivity index (χ0n) is 7.71. The normalized spacial score (nSPS) is 14.3. The number of hydrogen-bond donors (Lipinski definition) is 1.